The lowest BCUT2D eigenvalue weighted by atomic mass is 9.76. The van der Waals surface area contributed by atoms with Crippen LogP contribution in [-0.2, 0) is 33.4 Å². The summed E-state index contributed by atoms with van der Waals surface area (Å²) in [5.41, 5.74) is -1.91. The van der Waals surface area contributed by atoms with Gasteiger partial charge in [0.15, 0.2) is 5.60 Å². The topological polar surface area (TPSA) is 142 Å². The highest BCUT2D eigenvalue weighted by Gasteiger charge is 2.72. The highest BCUT2D eigenvalue weighted by molar-refractivity contribution is 6.23. The molecule has 0 aromatic heterocycles. The Bertz CT molecular complexity index is 1000. The molecule has 0 aliphatic carbocycles. The second kappa shape index (κ2) is 6.73. The van der Waals surface area contributed by atoms with Crippen molar-refractivity contribution < 1.29 is 38.3 Å². The Morgan fingerprint density at radius 1 is 1.20 bits per heavy atom. The van der Waals surface area contributed by atoms with Crippen LogP contribution in [0.3, 0.4) is 0 Å². The molecule has 2 saturated heterocycles. The van der Waals surface area contributed by atoms with Crippen LogP contribution in [0.1, 0.15) is 13.8 Å². The van der Waals surface area contributed by atoms with Crippen molar-refractivity contribution in [2.45, 2.75) is 31.8 Å². The number of non-ortho nitro benzene ring substituents is 1. The van der Waals surface area contributed by atoms with E-state index in [-0.39, 0.29) is 11.4 Å². The van der Waals surface area contributed by atoms with Crippen molar-refractivity contribution in [2.75, 3.05) is 4.90 Å². The first kappa shape index (κ1) is 19.7. The fraction of sp³-hybridized carbons (Fsp3) is 0.368. The number of benzene rings is 1. The standard InChI is InChI=1S/C19H16N2O9/c1-9(22)28-18(29-10(2)23)19-7-6-13(30-19)14-15(19)17(25)20(16(14)24)11-4-3-5-12(8-11)21(26)27/h3-8,13-15,18H,1-2H3/t13-,14-,15+,19-/m0/s1. The molecule has 2 amide bonds. The molecule has 2 fully saturated rings. The number of amides is 2. The van der Waals surface area contributed by atoms with Crippen LogP contribution in [0.4, 0.5) is 11.4 Å². The van der Waals surface area contributed by atoms with E-state index in [9.17, 15) is 29.3 Å². The number of ether oxygens (including phenoxy) is 3. The number of nitro groups is 1. The van der Waals surface area contributed by atoms with Gasteiger partial charge >= 0.3 is 11.9 Å². The second-order valence-electron chi connectivity index (χ2n) is 7.14. The molecule has 3 aliphatic heterocycles. The van der Waals surface area contributed by atoms with Gasteiger partial charge in [-0.1, -0.05) is 12.1 Å². The number of carbonyl (C=O) groups excluding carboxylic acids is 4. The number of carbonyl (C=O) groups is 4. The summed E-state index contributed by atoms with van der Waals surface area (Å²) in [5.74, 6) is -4.93. The molecule has 156 valence electrons. The van der Waals surface area contributed by atoms with E-state index < -0.39 is 58.5 Å². The quantitative estimate of drug-likeness (QED) is 0.170. The predicted octanol–water partition coefficient (Wildman–Crippen LogP) is 0.860. The zero-order chi connectivity index (χ0) is 21.8. The van der Waals surface area contributed by atoms with Crippen molar-refractivity contribution in [3.8, 4) is 0 Å². The predicted molar refractivity (Wildman–Crippen MR) is 96.6 cm³/mol. The fourth-order valence-corrected chi connectivity index (χ4v) is 4.22. The number of fused-ring (bicyclic) bond motifs is 5. The van der Waals surface area contributed by atoms with E-state index in [1.165, 1.54) is 24.3 Å². The number of hydrogen-bond acceptors (Lipinski definition) is 9. The molecule has 0 spiro atoms. The van der Waals surface area contributed by atoms with Gasteiger partial charge < -0.3 is 14.2 Å². The van der Waals surface area contributed by atoms with Gasteiger partial charge in [0.25, 0.3) is 12.0 Å². The summed E-state index contributed by atoms with van der Waals surface area (Å²) in [6.07, 6.45) is 0.621. The third-order valence-corrected chi connectivity index (χ3v) is 5.29. The summed E-state index contributed by atoms with van der Waals surface area (Å²) >= 11 is 0. The van der Waals surface area contributed by atoms with Gasteiger partial charge in [0.2, 0.25) is 11.8 Å². The second-order valence-corrected chi connectivity index (χ2v) is 7.14. The van der Waals surface area contributed by atoms with E-state index in [0.717, 1.165) is 24.8 Å². The van der Waals surface area contributed by atoms with Gasteiger partial charge in [-0.25, -0.2) is 4.90 Å². The number of anilines is 1. The van der Waals surface area contributed by atoms with Gasteiger partial charge in [-0.3, -0.25) is 29.3 Å². The van der Waals surface area contributed by atoms with Gasteiger partial charge in [-0.15, -0.1) is 0 Å². The number of nitro benzene ring substituents is 1. The Balaban J connectivity index is 1.75. The van der Waals surface area contributed by atoms with Crippen LogP contribution in [0, 0.1) is 22.0 Å². The molecule has 0 radical (unpaired) electrons. The first-order valence-electron chi connectivity index (χ1n) is 8.99. The summed E-state index contributed by atoms with van der Waals surface area (Å²) in [6.45, 7) is 2.21. The van der Waals surface area contributed by atoms with Crippen molar-refractivity contribution in [3.63, 3.8) is 0 Å². The number of hydrogen-bond donors (Lipinski definition) is 0. The van der Waals surface area contributed by atoms with Crippen molar-refractivity contribution in [1.29, 1.82) is 0 Å². The van der Waals surface area contributed by atoms with E-state index in [1.54, 1.807) is 6.08 Å². The van der Waals surface area contributed by atoms with Crippen LogP contribution >= 0.6 is 0 Å². The Hall–Kier alpha value is -3.60. The molecular weight excluding hydrogens is 400 g/mol. The molecule has 4 atom stereocenters. The zero-order valence-electron chi connectivity index (χ0n) is 15.8. The monoisotopic (exact) mass is 416 g/mol. The van der Waals surface area contributed by atoms with E-state index in [1.807, 2.05) is 0 Å². The third-order valence-electron chi connectivity index (χ3n) is 5.29. The summed E-state index contributed by atoms with van der Waals surface area (Å²) in [4.78, 5) is 60.8. The van der Waals surface area contributed by atoms with Crippen LogP contribution in [-0.4, -0.2) is 46.7 Å². The van der Waals surface area contributed by atoms with Crippen molar-refractivity contribution >= 4 is 35.1 Å². The van der Waals surface area contributed by atoms with Crippen LogP contribution in [0.25, 0.3) is 0 Å². The molecule has 0 saturated carbocycles. The first-order chi connectivity index (χ1) is 14.2. The smallest absolute Gasteiger partial charge is 0.305 e. The van der Waals surface area contributed by atoms with E-state index in [4.69, 9.17) is 14.2 Å². The fourth-order valence-electron chi connectivity index (χ4n) is 4.22. The highest BCUT2D eigenvalue weighted by Crippen LogP contribution is 2.54. The van der Waals surface area contributed by atoms with Gasteiger partial charge in [0.1, 0.15) is 0 Å². The lowest BCUT2D eigenvalue weighted by Gasteiger charge is -2.34. The summed E-state index contributed by atoms with van der Waals surface area (Å²) < 4.78 is 16.1. The average Bonchev–Trinajstić information content (AvgIpc) is 3.32. The van der Waals surface area contributed by atoms with Gasteiger partial charge in [0.05, 0.1) is 28.6 Å². The minimum absolute atomic E-state index is 0.0414. The third kappa shape index (κ3) is 2.77. The normalized spacial score (nSPS) is 28.8. The largest absolute Gasteiger partial charge is 0.422 e. The van der Waals surface area contributed by atoms with Crippen LogP contribution in [0.15, 0.2) is 36.4 Å². The molecule has 4 rings (SSSR count). The summed E-state index contributed by atoms with van der Waals surface area (Å²) in [7, 11) is 0. The minimum Gasteiger partial charge on any atom is -0.422 e. The highest BCUT2D eigenvalue weighted by atomic mass is 16.7. The van der Waals surface area contributed by atoms with Crippen molar-refractivity contribution in [1.82, 2.24) is 0 Å². The minimum atomic E-state index is -1.67. The maximum Gasteiger partial charge on any atom is 0.305 e. The molecule has 2 bridgehead atoms. The first-order valence-corrected chi connectivity index (χ1v) is 8.99. The van der Waals surface area contributed by atoms with Gasteiger partial charge in [-0.05, 0) is 12.1 Å². The summed E-state index contributed by atoms with van der Waals surface area (Å²) in [6, 6.07) is 5.13. The Kier molecular flexibility index (Phi) is 4.42. The lowest BCUT2D eigenvalue weighted by molar-refractivity contribution is -0.384. The summed E-state index contributed by atoms with van der Waals surface area (Å²) in [5, 5.41) is 11.1. The Labute approximate surface area is 169 Å². The molecule has 3 heterocycles. The van der Waals surface area contributed by atoms with Gasteiger partial charge in [0, 0.05) is 26.0 Å². The lowest BCUT2D eigenvalue weighted by Crippen LogP contribution is -2.52. The van der Waals surface area contributed by atoms with E-state index >= 15 is 0 Å². The molecule has 3 aliphatic rings. The molecule has 30 heavy (non-hydrogen) atoms. The molecule has 0 unspecified atom stereocenters. The number of esters is 2. The molecule has 1 aromatic rings. The average molecular weight is 416 g/mol. The number of rotatable bonds is 5. The molecule has 0 N–H and O–H groups in total. The van der Waals surface area contributed by atoms with Crippen molar-refractivity contribution in [2.24, 2.45) is 11.8 Å². The van der Waals surface area contributed by atoms with Crippen molar-refractivity contribution in [3.05, 3.63) is 46.5 Å². The maximum absolute atomic E-state index is 13.3. The van der Waals surface area contributed by atoms with Crippen LogP contribution in [0.2, 0.25) is 0 Å². The zero-order valence-corrected chi connectivity index (χ0v) is 15.8. The Morgan fingerprint density at radius 2 is 1.87 bits per heavy atom. The number of imide groups is 1. The molecule has 11 nitrogen and oxygen atoms in total. The molecule has 11 heteroatoms. The van der Waals surface area contributed by atoms with E-state index in [2.05, 4.69) is 0 Å². The number of nitrogens with zero attached hydrogens (tertiary/aromatic N) is 2. The van der Waals surface area contributed by atoms with Gasteiger partial charge in [-0.2, -0.15) is 0 Å². The molecular formula is C19H16N2O9. The molecule has 1 aromatic carbocycles. The SMILES string of the molecule is CC(=O)OC(OC(C)=O)[C@@]12C=C[C@H](O1)[C@@H]1C(=O)N(c3cccc([N+](=O)[O-])c3)C(=O)[C@@H]12. The van der Waals surface area contributed by atoms with E-state index in [0.29, 0.717) is 0 Å². The Morgan fingerprint density at radius 3 is 2.47 bits per heavy atom. The van der Waals surface area contributed by atoms with Crippen LogP contribution in [0.5, 0.6) is 0 Å². The van der Waals surface area contributed by atoms with Crippen LogP contribution < -0.4 is 4.90 Å². The maximum atomic E-state index is 13.3.